The third-order valence-electron chi connectivity index (χ3n) is 2.08. The topological polar surface area (TPSA) is 54.9 Å². The van der Waals surface area contributed by atoms with Gasteiger partial charge in [0.15, 0.2) is 0 Å². The Bertz CT molecular complexity index is 612. The molecular formula is C9H8N2O2S. The number of rotatable bonds is 0. The van der Waals surface area contributed by atoms with Crippen molar-refractivity contribution >= 4 is 23.5 Å². The molecule has 72 valence electrons. The zero-order valence-electron chi connectivity index (χ0n) is 7.44. The molecule has 0 atom stereocenters. The molecule has 14 heavy (non-hydrogen) atoms. The lowest BCUT2D eigenvalue weighted by Gasteiger charge is -2.00. The fourth-order valence-electron chi connectivity index (χ4n) is 1.29. The molecule has 0 saturated carbocycles. The highest BCUT2D eigenvalue weighted by Crippen LogP contribution is 2.11. The molecule has 2 aromatic rings. The average Bonchev–Trinajstić information content (AvgIpc) is 2.16. The lowest BCUT2D eigenvalue weighted by molar-refractivity contribution is 0.793. The number of hydrogen-bond donors (Lipinski definition) is 2. The lowest BCUT2D eigenvalue weighted by Crippen LogP contribution is -2.32. The molecule has 0 saturated heterocycles. The van der Waals surface area contributed by atoms with E-state index in [1.807, 2.05) is 0 Å². The largest absolute Gasteiger partial charge is 0.328 e. The molecule has 0 unspecified atom stereocenters. The number of benzene rings is 1. The van der Waals surface area contributed by atoms with Crippen molar-refractivity contribution in [1.29, 1.82) is 0 Å². The zero-order chi connectivity index (χ0) is 10.3. The number of H-pyrrole nitrogens is 1. The Hall–Kier alpha value is -1.49. The minimum absolute atomic E-state index is 0.306. The first-order valence-corrected chi connectivity index (χ1v) is 4.46. The Morgan fingerprint density at radius 2 is 2.07 bits per heavy atom. The molecule has 0 aliphatic heterocycles. The molecule has 0 amide bonds. The summed E-state index contributed by atoms with van der Waals surface area (Å²) in [5.74, 6) is 0. The van der Waals surface area contributed by atoms with Gasteiger partial charge in [-0.25, -0.2) is 4.79 Å². The first kappa shape index (κ1) is 9.08. The monoisotopic (exact) mass is 208 g/mol. The summed E-state index contributed by atoms with van der Waals surface area (Å²) in [7, 11) is 1.44. The van der Waals surface area contributed by atoms with Gasteiger partial charge in [-0.15, -0.1) is 12.6 Å². The zero-order valence-corrected chi connectivity index (χ0v) is 8.34. The van der Waals surface area contributed by atoms with E-state index in [2.05, 4.69) is 17.6 Å². The highest BCUT2D eigenvalue weighted by Gasteiger charge is 2.03. The van der Waals surface area contributed by atoms with Gasteiger partial charge in [0.2, 0.25) is 0 Å². The van der Waals surface area contributed by atoms with E-state index in [-0.39, 0.29) is 5.56 Å². The van der Waals surface area contributed by atoms with Gasteiger partial charge in [0.25, 0.3) is 5.56 Å². The van der Waals surface area contributed by atoms with Crippen LogP contribution in [0.4, 0.5) is 0 Å². The molecule has 1 N–H and O–H groups in total. The van der Waals surface area contributed by atoms with Crippen molar-refractivity contribution in [2.75, 3.05) is 0 Å². The Kier molecular flexibility index (Phi) is 1.96. The first-order chi connectivity index (χ1) is 6.59. The molecule has 0 spiro atoms. The maximum absolute atomic E-state index is 11.6. The quantitative estimate of drug-likeness (QED) is 0.620. The van der Waals surface area contributed by atoms with Crippen LogP contribution in [-0.2, 0) is 7.05 Å². The summed E-state index contributed by atoms with van der Waals surface area (Å²) in [5.41, 5.74) is -0.176. The van der Waals surface area contributed by atoms with E-state index in [0.29, 0.717) is 15.8 Å². The van der Waals surface area contributed by atoms with E-state index in [1.165, 1.54) is 7.05 Å². The number of fused-ring (bicyclic) bond motifs is 1. The molecule has 1 heterocycles. The highest BCUT2D eigenvalue weighted by atomic mass is 32.1. The van der Waals surface area contributed by atoms with Crippen molar-refractivity contribution in [3.05, 3.63) is 39.0 Å². The molecule has 2 rings (SSSR count). The van der Waals surface area contributed by atoms with Crippen LogP contribution in [0.15, 0.2) is 32.7 Å². The van der Waals surface area contributed by atoms with E-state index in [4.69, 9.17) is 0 Å². The third kappa shape index (κ3) is 1.26. The van der Waals surface area contributed by atoms with Crippen LogP contribution in [0.3, 0.4) is 0 Å². The van der Waals surface area contributed by atoms with Crippen LogP contribution in [0.25, 0.3) is 10.9 Å². The van der Waals surface area contributed by atoms with Crippen LogP contribution in [0, 0.1) is 0 Å². The van der Waals surface area contributed by atoms with Gasteiger partial charge in [-0.2, -0.15) is 0 Å². The number of hydrogen-bond acceptors (Lipinski definition) is 3. The second kappa shape index (κ2) is 3.02. The van der Waals surface area contributed by atoms with Gasteiger partial charge in [-0.3, -0.25) is 9.36 Å². The maximum atomic E-state index is 11.6. The molecule has 0 aliphatic carbocycles. The predicted octanol–water partition coefficient (Wildman–Crippen LogP) is 0.515. The summed E-state index contributed by atoms with van der Waals surface area (Å²) >= 11 is 4.13. The second-order valence-corrected chi connectivity index (χ2v) is 3.54. The molecule has 0 aliphatic rings. The van der Waals surface area contributed by atoms with Gasteiger partial charge in [-0.1, -0.05) is 0 Å². The minimum atomic E-state index is -0.408. The first-order valence-electron chi connectivity index (χ1n) is 4.01. The summed E-state index contributed by atoms with van der Waals surface area (Å²) in [6, 6.07) is 5.03. The molecule has 0 fully saturated rings. The van der Waals surface area contributed by atoms with Crippen molar-refractivity contribution < 1.29 is 0 Å². The van der Waals surface area contributed by atoms with Crippen LogP contribution in [0.1, 0.15) is 0 Å². The second-order valence-electron chi connectivity index (χ2n) is 3.02. The number of nitrogens with one attached hydrogen (secondary N) is 1. The normalized spacial score (nSPS) is 10.7. The summed E-state index contributed by atoms with van der Waals surface area (Å²) in [6.45, 7) is 0. The molecule has 1 aromatic carbocycles. The molecule has 4 nitrogen and oxygen atoms in total. The summed E-state index contributed by atoms with van der Waals surface area (Å²) < 4.78 is 1.04. The number of aromatic amines is 1. The van der Waals surface area contributed by atoms with E-state index in [9.17, 15) is 9.59 Å². The molecular weight excluding hydrogens is 200 g/mol. The standard InChI is InChI=1S/C9H8N2O2S/c1-11-8(12)6-4-5(14)2-3-7(6)10-9(11)13/h2-4,14H,1H3,(H,10,13). The van der Waals surface area contributed by atoms with Crippen LogP contribution < -0.4 is 11.2 Å². The Balaban J connectivity index is 3.07. The van der Waals surface area contributed by atoms with Crippen LogP contribution in [0.2, 0.25) is 0 Å². The maximum Gasteiger partial charge on any atom is 0.328 e. The van der Waals surface area contributed by atoms with Crippen molar-refractivity contribution in [3.8, 4) is 0 Å². The number of aromatic nitrogens is 2. The summed E-state index contributed by atoms with van der Waals surface area (Å²) in [4.78, 5) is 26.1. The average molecular weight is 208 g/mol. The van der Waals surface area contributed by atoms with Gasteiger partial charge >= 0.3 is 5.69 Å². The molecule has 0 bridgehead atoms. The molecule has 1 aromatic heterocycles. The van der Waals surface area contributed by atoms with E-state index in [0.717, 1.165) is 4.57 Å². The molecule has 0 radical (unpaired) electrons. The SMILES string of the molecule is Cn1c(=O)[nH]c2ccc(S)cc2c1=O. The van der Waals surface area contributed by atoms with Crippen molar-refractivity contribution in [1.82, 2.24) is 9.55 Å². The fourth-order valence-corrected chi connectivity index (χ4v) is 1.49. The Morgan fingerprint density at radius 1 is 1.36 bits per heavy atom. The lowest BCUT2D eigenvalue weighted by atomic mass is 10.2. The predicted molar refractivity (Wildman–Crippen MR) is 57.1 cm³/mol. The Morgan fingerprint density at radius 3 is 2.79 bits per heavy atom. The van der Waals surface area contributed by atoms with E-state index < -0.39 is 5.69 Å². The van der Waals surface area contributed by atoms with Gasteiger partial charge in [0, 0.05) is 11.9 Å². The summed E-state index contributed by atoms with van der Waals surface area (Å²) in [5, 5.41) is 0.472. The van der Waals surface area contributed by atoms with Gasteiger partial charge in [-0.05, 0) is 18.2 Å². The van der Waals surface area contributed by atoms with E-state index in [1.54, 1.807) is 18.2 Å². The van der Waals surface area contributed by atoms with Crippen molar-refractivity contribution in [2.45, 2.75) is 4.90 Å². The van der Waals surface area contributed by atoms with Crippen LogP contribution in [-0.4, -0.2) is 9.55 Å². The van der Waals surface area contributed by atoms with E-state index >= 15 is 0 Å². The van der Waals surface area contributed by atoms with Crippen LogP contribution in [0.5, 0.6) is 0 Å². The summed E-state index contributed by atoms with van der Waals surface area (Å²) in [6.07, 6.45) is 0. The number of thiol groups is 1. The van der Waals surface area contributed by atoms with Crippen molar-refractivity contribution in [3.63, 3.8) is 0 Å². The van der Waals surface area contributed by atoms with Crippen molar-refractivity contribution in [2.24, 2.45) is 7.05 Å². The highest BCUT2D eigenvalue weighted by molar-refractivity contribution is 7.80. The fraction of sp³-hybridized carbons (Fsp3) is 0.111. The molecule has 5 heteroatoms. The number of nitrogens with zero attached hydrogens (tertiary/aromatic N) is 1. The van der Waals surface area contributed by atoms with Crippen LogP contribution >= 0.6 is 12.6 Å². The Labute approximate surface area is 84.6 Å². The van der Waals surface area contributed by atoms with Gasteiger partial charge in [0.05, 0.1) is 10.9 Å². The smallest absolute Gasteiger partial charge is 0.307 e. The van der Waals surface area contributed by atoms with Gasteiger partial charge in [0.1, 0.15) is 0 Å². The third-order valence-corrected chi connectivity index (χ3v) is 2.36. The van der Waals surface area contributed by atoms with Gasteiger partial charge < -0.3 is 4.98 Å². The minimum Gasteiger partial charge on any atom is -0.307 e.